The summed E-state index contributed by atoms with van der Waals surface area (Å²) in [5.41, 5.74) is 0.350. The molecule has 0 amide bonds. The van der Waals surface area contributed by atoms with E-state index in [0.717, 1.165) is 11.3 Å². The Kier molecular flexibility index (Phi) is 1.85. The van der Waals surface area contributed by atoms with Crippen molar-refractivity contribution in [3.63, 3.8) is 0 Å². The maximum atomic E-state index is 9.49. The fourth-order valence-corrected chi connectivity index (χ4v) is 2.25. The van der Waals surface area contributed by atoms with E-state index in [0.29, 0.717) is 20.5 Å². The molecule has 2 rings (SSSR count). The number of hydrogen-bond acceptors (Lipinski definition) is 4. The smallest absolute Gasteiger partial charge is 0.133 e. The van der Waals surface area contributed by atoms with E-state index in [1.807, 2.05) is 12.1 Å². The summed E-state index contributed by atoms with van der Waals surface area (Å²) in [6.07, 6.45) is 0. The van der Waals surface area contributed by atoms with Crippen molar-refractivity contribution in [1.82, 2.24) is 0 Å². The van der Waals surface area contributed by atoms with Gasteiger partial charge in [-0.25, -0.2) is 0 Å². The fraction of sp³-hybridized carbons (Fsp3) is 0. The van der Waals surface area contributed by atoms with Gasteiger partial charge in [0.1, 0.15) is 22.8 Å². The maximum Gasteiger partial charge on any atom is 0.133 e. The molecule has 1 heterocycles. The van der Waals surface area contributed by atoms with E-state index < -0.39 is 0 Å². The largest absolute Gasteiger partial charge is 0.506 e. The number of rotatable bonds is 0. The molecule has 66 valence electrons. The minimum absolute atomic E-state index is 0.116. The number of phenols is 1. The molecule has 0 saturated heterocycles. The second kappa shape index (κ2) is 3.02. The van der Waals surface area contributed by atoms with Crippen LogP contribution in [0, 0.1) is 22.7 Å². The summed E-state index contributed by atoms with van der Waals surface area (Å²) in [7, 11) is 0. The highest BCUT2D eigenvalue weighted by molar-refractivity contribution is 7.20. The van der Waals surface area contributed by atoms with Crippen LogP contribution in [-0.2, 0) is 0 Å². The molecule has 1 N–H and O–H groups in total. The molecular formula is C10H4N2OS. The average molecular weight is 200 g/mol. The van der Waals surface area contributed by atoms with E-state index in [1.165, 1.54) is 0 Å². The van der Waals surface area contributed by atoms with Gasteiger partial charge < -0.3 is 5.11 Å². The third kappa shape index (κ3) is 1.02. The lowest BCUT2D eigenvalue weighted by Gasteiger charge is -1.91. The maximum absolute atomic E-state index is 9.49. The topological polar surface area (TPSA) is 67.8 Å². The minimum atomic E-state index is 0.116. The monoisotopic (exact) mass is 200 g/mol. The summed E-state index contributed by atoms with van der Waals surface area (Å²) in [6, 6.07) is 8.85. The molecule has 4 heteroatoms. The van der Waals surface area contributed by atoms with E-state index in [4.69, 9.17) is 10.5 Å². The first kappa shape index (κ1) is 8.55. The summed E-state index contributed by atoms with van der Waals surface area (Å²) < 4.78 is 0.598. The van der Waals surface area contributed by atoms with E-state index in [9.17, 15) is 5.11 Å². The van der Waals surface area contributed by atoms with Crippen LogP contribution in [0.25, 0.3) is 10.1 Å². The van der Waals surface area contributed by atoms with Crippen molar-refractivity contribution in [2.24, 2.45) is 0 Å². The molecule has 1 aromatic heterocycles. The molecular weight excluding hydrogens is 196 g/mol. The third-order valence-electron chi connectivity index (χ3n) is 1.91. The number of aromatic hydroxyl groups is 1. The van der Waals surface area contributed by atoms with Gasteiger partial charge in [0.05, 0.1) is 10.3 Å². The Hall–Kier alpha value is -2.04. The minimum Gasteiger partial charge on any atom is -0.506 e. The van der Waals surface area contributed by atoms with Crippen LogP contribution in [-0.4, -0.2) is 5.11 Å². The van der Waals surface area contributed by atoms with Crippen LogP contribution < -0.4 is 0 Å². The average Bonchev–Trinajstić information content (AvgIpc) is 2.57. The number of thiophene rings is 1. The van der Waals surface area contributed by atoms with Gasteiger partial charge in [-0.15, -0.1) is 11.3 Å². The van der Waals surface area contributed by atoms with Gasteiger partial charge in [-0.05, 0) is 6.07 Å². The molecule has 0 radical (unpaired) electrons. The lowest BCUT2D eigenvalue weighted by Crippen LogP contribution is -1.73. The molecule has 0 aliphatic heterocycles. The zero-order valence-corrected chi connectivity index (χ0v) is 7.80. The normalized spacial score (nSPS) is 9.57. The molecule has 0 saturated carbocycles. The summed E-state index contributed by atoms with van der Waals surface area (Å²) in [4.78, 5) is 0.351. The first-order chi connectivity index (χ1) is 6.77. The van der Waals surface area contributed by atoms with Crippen LogP contribution in [0.1, 0.15) is 10.4 Å². The fourth-order valence-electron chi connectivity index (χ4n) is 1.29. The quantitative estimate of drug-likeness (QED) is 0.709. The molecule has 14 heavy (non-hydrogen) atoms. The number of nitrogens with zero attached hydrogens (tertiary/aromatic N) is 2. The lowest BCUT2D eigenvalue weighted by atomic mass is 10.1. The van der Waals surface area contributed by atoms with Gasteiger partial charge in [0.15, 0.2) is 0 Å². The van der Waals surface area contributed by atoms with Gasteiger partial charge in [-0.2, -0.15) is 10.5 Å². The Labute approximate surface area is 84.1 Å². The van der Waals surface area contributed by atoms with Crippen molar-refractivity contribution < 1.29 is 5.11 Å². The van der Waals surface area contributed by atoms with E-state index in [-0.39, 0.29) is 5.75 Å². The Bertz CT molecular complexity index is 586. The number of hydrogen-bond donors (Lipinski definition) is 1. The molecule has 0 aliphatic carbocycles. The van der Waals surface area contributed by atoms with E-state index >= 15 is 0 Å². The van der Waals surface area contributed by atoms with Crippen molar-refractivity contribution in [3.05, 3.63) is 28.6 Å². The number of phenolic OH excluding ortho intramolecular Hbond substituents is 1. The first-order valence-electron chi connectivity index (χ1n) is 3.82. The Morgan fingerprint density at radius 2 is 2.00 bits per heavy atom. The van der Waals surface area contributed by atoms with Crippen molar-refractivity contribution in [2.75, 3.05) is 0 Å². The van der Waals surface area contributed by atoms with Gasteiger partial charge in [-0.3, -0.25) is 0 Å². The van der Waals surface area contributed by atoms with Crippen LogP contribution in [0.4, 0.5) is 0 Å². The Balaban J connectivity index is 2.97. The molecule has 0 unspecified atom stereocenters. The first-order valence-corrected chi connectivity index (χ1v) is 4.64. The van der Waals surface area contributed by atoms with Gasteiger partial charge in [0.25, 0.3) is 0 Å². The molecule has 0 spiro atoms. The Morgan fingerprint density at radius 3 is 2.64 bits per heavy atom. The second-order valence-electron chi connectivity index (χ2n) is 2.68. The summed E-state index contributed by atoms with van der Waals surface area (Å²) in [6.45, 7) is 0. The highest BCUT2D eigenvalue weighted by Gasteiger charge is 2.13. The summed E-state index contributed by atoms with van der Waals surface area (Å²) in [5, 5.41) is 27.8. The van der Waals surface area contributed by atoms with Crippen molar-refractivity contribution >= 4 is 21.4 Å². The predicted octanol–water partition coefficient (Wildman–Crippen LogP) is 2.35. The zero-order chi connectivity index (χ0) is 10.1. The van der Waals surface area contributed by atoms with Crippen LogP contribution in [0.15, 0.2) is 18.2 Å². The Morgan fingerprint density at radius 1 is 1.21 bits per heavy atom. The van der Waals surface area contributed by atoms with Crippen molar-refractivity contribution in [2.45, 2.75) is 0 Å². The standard InChI is InChI=1S/C10H4N2OS/c11-4-7-6-2-1-3-8(13)10(6)14-9(7)5-12/h1-3,13H. The van der Waals surface area contributed by atoms with Crippen molar-refractivity contribution in [3.8, 4) is 17.9 Å². The highest BCUT2D eigenvalue weighted by Crippen LogP contribution is 2.35. The number of fused-ring (bicyclic) bond motifs is 1. The molecule has 0 atom stereocenters. The molecule has 0 bridgehead atoms. The molecule has 2 aromatic rings. The summed E-state index contributed by atoms with van der Waals surface area (Å²) >= 11 is 1.14. The molecule has 0 fully saturated rings. The highest BCUT2D eigenvalue weighted by atomic mass is 32.1. The molecule has 0 aliphatic rings. The van der Waals surface area contributed by atoms with Gasteiger partial charge in [0, 0.05) is 5.39 Å². The summed E-state index contributed by atoms with van der Waals surface area (Å²) in [5.74, 6) is 0.116. The van der Waals surface area contributed by atoms with Crippen molar-refractivity contribution in [1.29, 1.82) is 10.5 Å². The molecule has 3 nitrogen and oxygen atoms in total. The number of benzene rings is 1. The molecule has 1 aromatic carbocycles. The SMILES string of the molecule is N#Cc1sc2c(O)cccc2c1C#N. The number of nitriles is 2. The van der Waals surface area contributed by atoms with Gasteiger partial charge in [0.2, 0.25) is 0 Å². The zero-order valence-electron chi connectivity index (χ0n) is 6.98. The second-order valence-corrected chi connectivity index (χ2v) is 3.70. The van der Waals surface area contributed by atoms with Crippen LogP contribution in [0.3, 0.4) is 0 Å². The van der Waals surface area contributed by atoms with Crippen LogP contribution in [0.5, 0.6) is 5.75 Å². The van der Waals surface area contributed by atoms with E-state index in [1.54, 1.807) is 18.2 Å². The van der Waals surface area contributed by atoms with Crippen LogP contribution in [0.2, 0.25) is 0 Å². The van der Waals surface area contributed by atoms with E-state index in [2.05, 4.69) is 0 Å². The van der Waals surface area contributed by atoms with Gasteiger partial charge in [-0.1, -0.05) is 12.1 Å². The van der Waals surface area contributed by atoms with Crippen LogP contribution >= 0.6 is 11.3 Å². The van der Waals surface area contributed by atoms with Gasteiger partial charge >= 0.3 is 0 Å². The third-order valence-corrected chi connectivity index (χ3v) is 3.04. The predicted molar refractivity (Wildman–Crippen MR) is 52.9 cm³/mol. The lowest BCUT2D eigenvalue weighted by molar-refractivity contribution is 0.482.